The van der Waals surface area contributed by atoms with Crippen molar-refractivity contribution >= 4 is 16.7 Å². The van der Waals surface area contributed by atoms with E-state index in [1.54, 1.807) is 0 Å². The van der Waals surface area contributed by atoms with E-state index in [-0.39, 0.29) is 16.5 Å². The van der Waals surface area contributed by atoms with Crippen LogP contribution in [0, 0.1) is 17.6 Å². The van der Waals surface area contributed by atoms with E-state index in [9.17, 15) is 13.0 Å². The number of nitrogens with zero attached hydrogens (tertiary/aromatic N) is 1. The highest BCUT2D eigenvalue weighted by Gasteiger charge is 2.19. The lowest BCUT2D eigenvalue weighted by molar-refractivity contribution is 0.576. The molecule has 0 saturated carbocycles. The molecule has 3 nitrogen and oxygen atoms in total. The number of hydrogen-bond acceptors (Lipinski definition) is 2. The van der Waals surface area contributed by atoms with E-state index in [1.165, 1.54) is 25.1 Å². The Morgan fingerprint density at radius 1 is 1.29 bits per heavy atom. The summed E-state index contributed by atoms with van der Waals surface area (Å²) in [5.74, 6) is -0.874. The van der Waals surface area contributed by atoms with Gasteiger partial charge in [-0.05, 0) is 37.8 Å². The van der Waals surface area contributed by atoms with Crippen LogP contribution in [0.4, 0.5) is 8.78 Å². The molecule has 1 aliphatic rings. The minimum Gasteiger partial charge on any atom is -0.235 e. The first-order valence-electron chi connectivity index (χ1n) is 6.82. The summed E-state index contributed by atoms with van der Waals surface area (Å²) in [6.45, 7) is 3.58. The van der Waals surface area contributed by atoms with Gasteiger partial charge in [0.1, 0.15) is 22.6 Å². The predicted molar refractivity (Wildman–Crippen MR) is 81.2 cm³/mol. The first kappa shape index (κ1) is 15.8. The summed E-state index contributed by atoms with van der Waals surface area (Å²) in [5.41, 5.74) is -0.0677. The van der Waals surface area contributed by atoms with Crippen LogP contribution in [0.5, 0.6) is 0 Å². The second-order valence-corrected chi connectivity index (χ2v) is 6.54. The molecule has 0 aromatic heterocycles. The summed E-state index contributed by atoms with van der Waals surface area (Å²) < 4.78 is 39.2. The SMILES string of the molecule is C/C(=N/NS(=O)C1C=CC(C)CC1)c1c(F)cccc1F. The van der Waals surface area contributed by atoms with Gasteiger partial charge in [0.2, 0.25) is 0 Å². The topological polar surface area (TPSA) is 41.5 Å². The van der Waals surface area contributed by atoms with E-state index >= 15 is 0 Å². The third-order valence-electron chi connectivity index (χ3n) is 3.46. The summed E-state index contributed by atoms with van der Waals surface area (Å²) in [7, 11) is -1.40. The van der Waals surface area contributed by atoms with Gasteiger partial charge in [0, 0.05) is 0 Å². The molecule has 6 heteroatoms. The maximum atomic E-state index is 13.6. The van der Waals surface area contributed by atoms with Crippen LogP contribution >= 0.6 is 0 Å². The molecule has 1 N–H and O–H groups in total. The van der Waals surface area contributed by atoms with Crippen LogP contribution in [0.2, 0.25) is 0 Å². The molecule has 3 atom stereocenters. The van der Waals surface area contributed by atoms with Gasteiger partial charge in [-0.3, -0.25) is 0 Å². The van der Waals surface area contributed by atoms with Crippen molar-refractivity contribution in [3.63, 3.8) is 0 Å². The number of hydrogen-bond donors (Lipinski definition) is 1. The van der Waals surface area contributed by atoms with Gasteiger partial charge in [0.25, 0.3) is 0 Å². The van der Waals surface area contributed by atoms with Crippen LogP contribution in [0.1, 0.15) is 32.3 Å². The molecular formula is C15H18F2N2OS. The quantitative estimate of drug-likeness (QED) is 0.517. The van der Waals surface area contributed by atoms with Crippen LogP contribution in [-0.4, -0.2) is 15.2 Å². The van der Waals surface area contributed by atoms with Crippen molar-refractivity contribution in [2.45, 2.75) is 31.9 Å². The lowest BCUT2D eigenvalue weighted by Gasteiger charge is -2.19. The number of hydrazone groups is 1. The highest BCUT2D eigenvalue weighted by Crippen LogP contribution is 2.20. The maximum Gasteiger partial charge on any atom is 0.140 e. The van der Waals surface area contributed by atoms with Gasteiger partial charge in [-0.15, -0.1) is 0 Å². The number of allylic oxidation sites excluding steroid dienone is 1. The van der Waals surface area contributed by atoms with E-state index in [0.717, 1.165) is 12.8 Å². The van der Waals surface area contributed by atoms with E-state index in [4.69, 9.17) is 0 Å². The van der Waals surface area contributed by atoms with Gasteiger partial charge in [-0.1, -0.05) is 25.1 Å². The molecule has 0 radical (unpaired) electrons. The number of rotatable bonds is 4. The number of benzene rings is 1. The first-order valence-corrected chi connectivity index (χ1v) is 8.03. The fraction of sp³-hybridized carbons (Fsp3) is 0.400. The summed E-state index contributed by atoms with van der Waals surface area (Å²) >= 11 is 0. The third kappa shape index (κ3) is 3.97. The van der Waals surface area contributed by atoms with Crippen LogP contribution in [-0.2, 0) is 11.0 Å². The Balaban J connectivity index is 2.07. The van der Waals surface area contributed by atoms with Gasteiger partial charge in [-0.2, -0.15) is 5.10 Å². The minimum atomic E-state index is -1.40. The van der Waals surface area contributed by atoms with Crippen molar-refractivity contribution in [3.8, 4) is 0 Å². The van der Waals surface area contributed by atoms with Gasteiger partial charge in [0.15, 0.2) is 0 Å². The van der Waals surface area contributed by atoms with E-state index in [0.29, 0.717) is 5.92 Å². The van der Waals surface area contributed by atoms with Gasteiger partial charge < -0.3 is 0 Å². The molecule has 0 fully saturated rings. The number of halogens is 2. The second kappa shape index (κ2) is 6.93. The van der Waals surface area contributed by atoms with Crippen LogP contribution in [0.25, 0.3) is 0 Å². The molecular weight excluding hydrogens is 294 g/mol. The van der Waals surface area contributed by atoms with Crippen LogP contribution < -0.4 is 4.83 Å². The summed E-state index contributed by atoms with van der Waals surface area (Å²) in [6.07, 6.45) is 5.71. The Bertz CT molecular complexity index is 581. The van der Waals surface area contributed by atoms with Crippen molar-refractivity contribution in [2.75, 3.05) is 0 Å². The maximum absolute atomic E-state index is 13.6. The molecule has 1 aromatic rings. The molecule has 0 spiro atoms. The highest BCUT2D eigenvalue weighted by atomic mass is 32.2. The Hall–Kier alpha value is -1.56. The van der Waals surface area contributed by atoms with E-state index < -0.39 is 22.6 Å². The average molecular weight is 312 g/mol. The predicted octanol–water partition coefficient (Wildman–Crippen LogP) is 3.30. The summed E-state index contributed by atoms with van der Waals surface area (Å²) in [6, 6.07) is 3.63. The molecule has 0 bridgehead atoms. The number of nitrogens with one attached hydrogen (secondary N) is 1. The molecule has 114 valence electrons. The van der Waals surface area contributed by atoms with Crippen LogP contribution in [0.15, 0.2) is 35.5 Å². The van der Waals surface area contributed by atoms with Gasteiger partial charge in [0.05, 0.1) is 16.5 Å². The van der Waals surface area contributed by atoms with E-state index in [1.807, 2.05) is 12.2 Å². The third-order valence-corrected chi connectivity index (χ3v) is 4.68. The molecule has 2 rings (SSSR count). The lowest BCUT2D eigenvalue weighted by atomic mass is 9.98. The van der Waals surface area contributed by atoms with Crippen molar-refractivity contribution in [1.82, 2.24) is 4.83 Å². The molecule has 3 unspecified atom stereocenters. The molecule has 0 aliphatic heterocycles. The zero-order valence-corrected chi connectivity index (χ0v) is 12.8. The van der Waals surface area contributed by atoms with E-state index in [2.05, 4.69) is 16.9 Å². The Morgan fingerprint density at radius 2 is 1.95 bits per heavy atom. The van der Waals surface area contributed by atoms with Crippen molar-refractivity contribution in [1.29, 1.82) is 0 Å². The largest absolute Gasteiger partial charge is 0.235 e. The average Bonchev–Trinajstić information content (AvgIpc) is 2.45. The second-order valence-electron chi connectivity index (χ2n) is 5.16. The van der Waals surface area contributed by atoms with Crippen LogP contribution in [0.3, 0.4) is 0 Å². The van der Waals surface area contributed by atoms with Crippen molar-refractivity contribution in [2.24, 2.45) is 11.0 Å². The van der Waals surface area contributed by atoms with Crippen molar-refractivity contribution in [3.05, 3.63) is 47.5 Å². The Labute approximate surface area is 125 Å². The normalized spacial score (nSPS) is 23.9. The fourth-order valence-electron chi connectivity index (χ4n) is 2.19. The standard InChI is InChI=1S/C15H18F2N2OS/c1-10-6-8-12(9-7-10)21(20)19-18-11(2)15-13(16)4-3-5-14(15)17/h3-6,8,10,12,19H,7,9H2,1-2H3/b18-11-. The molecule has 0 saturated heterocycles. The molecule has 1 aliphatic carbocycles. The first-order chi connectivity index (χ1) is 9.99. The lowest BCUT2D eigenvalue weighted by Crippen LogP contribution is -2.26. The zero-order chi connectivity index (χ0) is 15.4. The van der Waals surface area contributed by atoms with Gasteiger partial charge >= 0.3 is 0 Å². The fourth-order valence-corrected chi connectivity index (χ4v) is 3.14. The summed E-state index contributed by atoms with van der Waals surface area (Å²) in [4.78, 5) is 2.50. The Kier molecular flexibility index (Phi) is 5.22. The zero-order valence-electron chi connectivity index (χ0n) is 12.0. The molecule has 21 heavy (non-hydrogen) atoms. The van der Waals surface area contributed by atoms with Crippen molar-refractivity contribution < 1.29 is 13.0 Å². The molecule has 1 aromatic carbocycles. The van der Waals surface area contributed by atoms with Gasteiger partial charge in [-0.25, -0.2) is 17.8 Å². The monoisotopic (exact) mass is 312 g/mol. The highest BCUT2D eigenvalue weighted by molar-refractivity contribution is 7.83. The molecule has 0 heterocycles. The molecule has 0 amide bonds. The Morgan fingerprint density at radius 3 is 2.52 bits per heavy atom. The minimum absolute atomic E-state index is 0.122. The smallest absolute Gasteiger partial charge is 0.140 e. The summed E-state index contributed by atoms with van der Waals surface area (Å²) in [5, 5.41) is 3.74.